The highest BCUT2D eigenvalue weighted by Crippen LogP contribution is 2.11. The standard InChI is InChI=1S/C13H27N3O2/c1-5-14-6-7-15-8-10-16(11-9-15)12(17)18-13(2,3)4/h14H,5-11H2,1-4H3. The van der Waals surface area contributed by atoms with Crippen LogP contribution in [0.3, 0.4) is 0 Å². The number of piperazine rings is 1. The maximum absolute atomic E-state index is 11.9. The van der Waals surface area contributed by atoms with Gasteiger partial charge in [-0.3, -0.25) is 4.90 Å². The van der Waals surface area contributed by atoms with Crippen molar-refractivity contribution in [2.75, 3.05) is 45.8 Å². The highest BCUT2D eigenvalue weighted by molar-refractivity contribution is 5.68. The fraction of sp³-hybridized carbons (Fsp3) is 0.923. The molecule has 0 atom stereocenters. The molecule has 0 aromatic carbocycles. The topological polar surface area (TPSA) is 44.8 Å². The van der Waals surface area contributed by atoms with Gasteiger partial charge in [0, 0.05) is 39.3 Å². The minimum absolute atomic E-state index is 0.186. The van der Waals surface area contributed by atoms with E-state index >= 15 is 0 Å². The molecule has 1 heterocycles. The van der Waals surface area contributed by atoms with E-state index in [1.807, 2.05) is 20.8 Å². The van der Waals surface area contributed by atoms with Crippen LogP contribution in [-0.2, 0) is 4.74 Å². The molecule has 0 aromatic heterocycles. The Morgan fingerprint density at radius 2 is 1.83 bits per heavy atom. The molecule has 1 fully saturated rings. The summed E-state index contributed by atoms with van der Waals surface area (Å²) in [4.78, 5) is 16.0. The summed E-state index contributed by atoms with van der Waals surface area (Å²) in [5, 5.41) is 3.31. The van der Waals surface area contributed by atoms with Gasteiger partial charge in [-0.15, -0.1) is 0 Å². The quantitative estimate of drug-likeness (QED) is 0.767. The Kier molecular flexibility index (Phi) is 5.88. The van der Waals surface area contributed by atoms with Crippen molar-refractivity contribution in [2.45, 2.75) is 33.3 Å². The zero-order valence-electron chi connectivity index (χ0n) is 12.2. The molecule has 0 spiro atoms. The van der Waals surface area contributed by atoms with Crippen LogP contribution in [0.1, 0.15) is 27.7 Å². The Bertz CT molecular complexity index is 255. The minimum atomic E-state index is -0.404. The van der Waals surface area contributed by atoms with Crippen molar-refractivity contribution in [1.82, 2.24) is 15.1 Å². The summed E-state index contributed by atoms with van der Waals surface area (Å²) in [5.41, 5.74) is -0.404. The fourth-order valence-electron chi connectivity index (χ4n) is 1.89. The van der Waals surface area contributed by atoms with Crippen molar-refractivity contribution in [3.05, 3.63) is 0 Å². The van der Waals surface area contributed by atoms with Crippen LogP contribution < -0.4 is 5.32 Å². The lowest BCUT2D eigenvalue weighted by Crippen LogP contribution is -2.51. The maximum atomic E-state index is 11.9. The maximum Gasteiger partial charge on any atom is 0.410 e. The average Bonchev–Trinajstić information content (AvgIpc) is 2.28. The van der Waals surface area contributed by atoms with Gasteiger partial charge in [0.25, 0.3) is 0 Å². The third-order valence-electron chi connectivity index (χ3n) is 2.88. The summed E-state index contributed by atoms with van der Waals surface area (Å²) in [6, 6.07) is 0. The van der Waals surface area contributed by atoms with Gasteiger partial charge in [-0.05, 0) is 27.3 Å². The van der Waals surface area contributed by atoms with Crippen molar-refractivity contribution in [3.8, 4) is 0 Å². The molecule has 1 aliphatic heterocycles. The number of likely N-dealkylation sites (N-methyl/N-ethyl adjacent to an activating group) is 1. The number of carbonyl (C=O) groups is 1. The van der Waals surface area contributed by atoms with E-state index in [9.17, 15) is 4.79 Å². The number of carbonyl (C=O) groups excluding carboxylic acids is 1. The molecule has 5 nitrogen and oxygen atoms in total. The first-order valence-electron chi connectivity index (χ1n) is 6.83. The predicted octanol–water partition coefficient (Wildman–Crippen LogP) is 1.15. The van der Waals surface area contributed by atoms with Crippen LogP contribution in [0, 0.1) is 0 Å². The molecule has 0 radical (unpaired) electrons. The first kappa shape index (κ1) is 15.2. The lowest BCUT2D eigenvalue weighted by molar-refractivity contribution is 0.0146. The van der Waals surface area contributed by atoms with Crippen LogP contribution in [0.2, 0.25) is 0 Å². The number of hydrogen-bond acceptors (Lipinski definition) is 4. The van der Waals surface area contributed by atoms with Crippen LogP contribution in [0.5, 0.6) is 0 Å². The van der Waals surface area contributed by atoms with Crippen molar-refractivity contribution >= 4 is 6.09 Å². The molecule has 0 aliphatic carbocycles. The lowest BCUT2D eigenvalue weighted by Gasteiger charge is -2.35. The first-order chi connectivity index (χ1) is 8.42. The zero-order valence-corrected chi connectivity index (χ0v) is 12.2. The van der Waals surface area contributed by atoms with E-state index in [-0.39, 0.29) is 6.09 Å². The van der Waals surface area contributed by atoms with Crippen molar-refractivity contribution in [1.29, 1.82) is 0 Å². The van der Waals surface area contributed by atoms with E-state index in [0.29, 0.717) is 0 Å². The molecule has 18 heavy (non-hydrogen) atoms. The molecule has 0 saturated carbocycles. The molecule has 0 unspecified atom stereocenters. The van der Waals surface area contributed by atoms with Gasteiger partial charge in [0.2, 0.25) is 0 Å². The second kappa shape index (κ2) is 6.95. The number of hydrogen-bond donors (Lipinski definition) is 1. The minimum Gasteiger partial charge on any atom is -0.444 e. The summed E-state index contributed by atoms with van der Waals surface area (Å²) in [5.74, 6) is 0. The number of nitrogens with one attached hydrogen (secondary N) is 1. The normalized spacial score (nSPS) is 17.9. The van der Waals surface area contributed by atoms with Crippen molar-refractivity contribution in [2.24, 2.45) is 0 Å². The second-order valence-electron chi connectivity index (χ2n) is 5.66. The molecule has 106 valence electrons. The molecule has 5 heteroatoms. The van der Waals surface area contributed by atoms with Gasteiger partial charge in [-0.25, -0.2) is 4.79 Å². The summed E-state index contributed by atoms with van der Waals surface area (Å²) in [6.45, 7) is 14.3. The number of ether oxygens (including phenoxy) is 1. The van der Waals surface area contributed by atoms with Crippen LogP contribution in [0.15, 0.2) is 0 Å². The summed E-state index contributed by atoms with van der Waals surface area (Å²) in [7, 11) is 0. The van der Waals surface area contributed by atoms with Gasteiger partial charge in [0.1, 0.15) is 5.60 Å². The number of rotatable bonds is 4. The number of amides is 1. The second-order valence-corrected chi connectivity index (χ2v) is 5.66. The summed E-state index contributed by atoms with van der Waals surface area (Å²) in [6.07, 6.45) is -0.186. The molecule has 0 aromatic rings. The lowest BCUT2D eigenvalue weighted by atomic mass is 10.2. The highest BCUT2D eigenvalue weighted by Gasteiger charge is 2.25. The number of nitrogens with zero attached hydrogens (tertiary/aromatic N) is 2. The van der Waals surface area contributed by atoms with Crippen LogP contribution in [0.25, 0.3) is 0 Å². The Morgan fingerprint density at radius 3 is 2.33 bits per heavy atom. The Hall–Kier alpha value is -0.810. The Labute approximate surface area is 110 Å². The zero-order chi connectivity index (χ0) is 13.6. The molecule has 1 saturated heterocycles. The summed E-state index contributed by atoms with van der Waals surface area (Å²) >= 11 is 0. The molecule has 1 rings (SSSR count). The van der Waals surface area contributed by atoms with E-state index < -0.39 is 5.60 Å². The van der Waals surface area contributed by atoms with E-state index in [2.05, 4.69) is 17.1 Å². The van der Waals surface area contributed by atoms with Gasteiger partial charge in [0.15, 0.2) is 0 Å². The van der Waals surface area contributed by atoms with E-state index in [4.69, 9.17) is 4.74 Å². The van der Waals surface area contributed by atoms with Crippen molar-refractivity contribution in [3.63, 3.8) is 0 Å². The monoisotopic (exact) mass is 257 g/mol. The van der Waals surface area contributed by atoms with Gasteiger partial charge < -0.3 is 15.0 Å². The molecule has 1 amide bonds. The van der Waals surface area contributed by atoms with E-state index in [0.717, 1.165) is 45.8 Å². The van der Waals surface area contributed by atoms with Crippen LogP contribution >= 0.6 is 0 Å². The predicted molar refractivity (Wildman–Crippen MR) is 72.8 cm³/mol. The van der Waals surface area contributed by atoms with Gasteiger partial charge in [-0.1, -0.05) is 6.92 Å². The molecular weight excluding hydrogens is 230 g/mol. The van der Waals surface area contributed by atoms with E-state index in [1.54, 1.807) is 4.90 Å². The third-order valence-corrected chi connectivity index (χ3v) is 2.88. The third kappa shape index (κ3) is 5.69. The summed E-state index contributed by atoms with van der Waals surface area (Å²) < 4.78 is 5.37. The molecule has 1 aliphatic rings. The molecule has 0 bridgehead atoms. The van der Waals surface area contributed by atoms with Gasteiger partial charge in [0.05, 0.1) is 0 Å². The Balaban J connectivity index is 2.24. The largest absolute Gasteiger partial charge is 0.444 e. The molecular formula is C13H27N3O2. The average molecular weight is 257 g/mol. The Morgan fingerprint density at radius 1 is 1.22 bits per heavy atom. The van der Waals surface area contributed by atoms with Gasteiger partial charge >= 0.3 is 6.09 Å². The smallest absolute Gasteiger partial charge is 0.410 e. The van der Waals surface area contributed by atoms with E-state index in [1.165, 1.54) is 0 Å². The van der Waals surface area contributed by atoms with Crippen molar-refractivity contribution < 1.29 is 9.53 Å². The fourth-order valence-corrected chi connectivity index (χ4v) is 1.89. The molecule has 1 N–H and O–H groups in total. The SMILES string of the molecule is CCNCCN1CCN(C(=O)OC(C)(C)C)CC1. The van der Waals surface area contributed by atoms with Crippen LogP contribution in [0.4, 0.5) is 4.79 Å². The highest BCUT2D eigenvalue weighted by atomic mass is 16.6. The van der Waals surface area contributed by atoms with Gasteiger partial charge in [-0.2, -0.15) is 0 Å². The first-order valence-corrected chi connectivity index (χ1v) is 6.83. The van der Waals surface area contributed by atoms with Crippen LogP contribution in [-0.4, -0.2) is 67.3 Å².